The van der Waals surface area contributed by atoms with Gasteiger partial charge in [-0.3, -0.25) is 0 Å². The largest absolute Gasteiger partial charge is 0.0622 e. The van der Waals surface area contributed by atoms with Gasteiger partial charge in [-0.1, -0.05) is 120 Å². The van der Waals surface area contributed by atoms with Crippen molar-refractivity contribution in [3.05, 3.63) is 131 Å². The summed E-state index contributed by atoms with van der Waals surface area (Å²) < 4.78 is 0. The fraction of sp³-hybridized carbons (Fsp3) is 0.0968. The zero-order chi connectivity index (χ0) is 21.2. The molecule has 0 aliphatic carbocycles. The number of rotatable bonds is 4. The summed E-state index contributed by atoms with van der Waals surface area (Å²) in [5.41, 5.74) is 10.5. The molecule has 0 fully saturated rings. The maximum absolute atomic E-state index is 2.39. The number of benzene rings is 5. The molecule has 0 atom stereocenters. The van der Waals surface area contributed by atoms with E-state index in [1.165, 1.54) is 55.3 Å². The fourth-order valence-electron chi connectivity index (χ4n) is 4.47. The average Bonchev–Trinajstić information content (AvgIpc) is 2.81. The Morgan fingerprint density at radius 2 is 1.10 bits per heavy atom. The first-order valence-electron chi connectivity index (χ1n) is 10.9. The number of aryl methyl sites for hydroxylation is 2. The Morgan fingerprint density at radius 3 is 1.74 bits per heavy atom. The van der Waals surface area contributed by atoms with Crippen LogP contribution in [0, 0.1) is 13.8 Å². The van der Waals surface area contributed by atoms with E-state index in [4.69, 9.17) is 0 Å². The van der Waals surface area contributed by atoms with Gasteiger partial charge in [-0.2, -0.15) is 0 Å². The van der Waals surface area contributed by atoms with Gasteiger partial charge >= 0.3 is 0 Å². The molecule has 0 heterocycles. The highest BCUT2D eigenvalue weighted by Gasteiger charge is 2.17. The summed E-state index contributed by atoms with van der Waals surface area (Å²) in [5.74, 6) is 0. The number of fused-ring (bicyclic) bond motifs is 1. The second-order valence-corrected chi connectivity index (χ2v) is 8.40. The van der Waals surface area contributed by atoms with Crippen molar-refractivity contribution in [1.82, 2.24) is 0 Å². The minimum atomic E-state index is 0.911. The first-order chi connectivity index (χ1) is 15.2. The Morgan fingerprint density at radius 1 is 0.516 bits per heavy atom. The lowest BCUT2D eigenvalue weighted by Gasteiger charge is -2.20. The first kappa shape index (κ1) is 19.3. The lowest BCUT2D eigenvalue weighted by atomic mass is 9.84. The van der Waals surface area contributed by atoms with Gasteiger partial charge in [0.15, 0.2) is 0 Å². The van der Waals surface area contributed by atoms with Crippen LogP contribution < -0.4 is 0 Å². The third-order valence-electron chi connectivity index (χ3n) is 6.02. The fourth-order valence-corrected chi connectivity index (χ4v) is 4.47. The zero-order valence-corrected chi connectivity index (χ0v) is 18.1. The average molecular weight is 399 g/mol. The highest BCUT2D eigenvalue weighted by Crippen LogP contribution is 2.41. The minimum absolute atomic E-state index is 0.911. The van der Waals surface area contributed by atoms with Crippen LogP contribution in [0.4, 0.5) is 0 Å². The molecule has 0 bridgehead atoms. The summed E-state index contributed by atoms with van der Waals surface area (Å²) in [4.78, 5) is 0. The predicted molar refractivity (Wildman–Crippen MR) is 134 cm³/mol. The Labute approximate surface area is 184 Å². The van der Waals surface area contributed by atoms with Gasteiger partial charge < -0.3 is 0 Å². The summed E-state index contributed by atoms with van der Waals surface area (Å²) in [6.07, 6.45) is 0.911. The molecule has 0 amide bonds. The van der Waals surface area contributed by atoms with Crippen molar-refractivity contribution < 1.29 is 0 Å². The number of hydrogen-bond donors (Lipinski definition) is 0. The van der Waals surface area contributed by atoms with E-state index in [1.807, 2.05) is 0 Å². The van der Waals surface area contributed by atoms with E-state index in [9.17, 15) is 0 Å². The van der Waals surface area contributed by atoms with E-state index in [0.29, 0.717) is 0 Å². The molecule has 0 aliphatic rings. The molecule has 5 rings (SSSR count). The molecule has 0 radical (unpaired) electrons. The van der Waals surface area contributed by atoms with Crippen LogP contribution in [0.5, 0.6) is 0 Å². The molecule has 0 aromatic heterocycles. The third-order valence-corrected chi connectivity index (χ3v) is 6.02. The Hall–Kier alpha value is -3.64. The highest BCUT2D eigenvalue weighted by molar-refractivity contribution is 6.05. The summed E-state index contributed by atoms with van der Waals surface area (Å²) in [6.45, 7) is 4.32. The van der Waals surface area contributed by atoms with Crippen molar-refractivity contribution in [3.8, 4) is 22.3 Å². The summed E-state index contributed by atoms with van der Waals surface area (Å²) >= 11 is 0. The molecule has 0 aliphatic heterocycles. The summed E-state index contributed by atoms with van der Waals surface area (Å²) in [6, 6.07) is 39.8. The van der Waals surface area contributed by atoms with Crippen LogP contribution in [0.3, 0.4) is 0 Å². The van der Waals surface area contributed by atoms with E-state index >= 15 is 0 Å². The first-order valence-corrected chi connectivity index (χ1v) is 10.9. The minimum Gasteiger partial charge on any atom is -0.0622 e. The molecule has 0 N–H and O–H groups in total. The second-order valence-electron chi connectivity index (χ2n) is 8.40. The molecule has 5 aromatic rings. The van der Waals surface area contributed by atoms with Gasteiger partial charge in [-0.15, -0.1) is 0 Å². The normalized spacial score (nSPS) is 11.0. The summed E-state index contributed by atoms with van der Waals surface area (Å²) in [5, 5.41) is 2.61. The topological polar surface area (TPSA) is 0 Å². The van der Waals surface area contributed by atoms with Gasteiger partial charge in [0.1, 0.15) is 0 Å². The Balaban J connectivity index is 1.85. The zero-order valence-electron chi connectivity index (χ0n) is 18.1. The van der Waals surface area contributed by atoms with Crippen molar-refractivity contribution in [2.24, 2.45) is 0 Å². The smallest absolute Gasteiger partial charge is 0.00192 e. The maximum atomic E-state index is 2.39. The molecule has 0 saturated carbocycles. The van der Waals surface area contributed by atoms with Gasteiger partial charge in [0.2, 0.25) is 0 Å². The molecule has 0 nitrogen and oxygen atoms in total. The molecule has 0 unspecified atom stereocenters. The molecule has 31 heavy (non-hydrogen) atoms. The highest BCUT2D eigenvalue weighted by atomic mass is 14.2. The van der Waals surface area contributed by atoms with Crippen LogP contribution in [-0.2, 0) is 6.42 Å². The quantitative estimate of drug-likeness (QED) is 0.285. The van der Waals surface area contributed by atoms with Crippen molar-refractivity contribution in [2.75, 3.05) is 0 Å². The van der Waals surface area contributed by atoms with Crippen molar-refractivity contribution >= 4 is 10.8 Å². The van der Waals surface area contributed by atoms with E-state index in [2.05, 4.69) is 123 Å². The van der Waals surface area contributed by atoms with Gasteiger partial charge in [0.25, 0.3) is 0 Å². The molecule has 0 saturated heterocycles. The van der Waals surface area contributed by atoms with Gasteiger partial charge in [0.05, 0.1) is 0 Å². The third kappa shape index (κ3) is 3.90. The van der Waals surface area contributed by atoms with Gasteiger partial charge in [-0.05, 0) is 64.4 Å². The molecule has 0 heteroatoms. The van der Waals surface area contributed by atoms with Crippen molar-refractivity contribution in [1.29, 1.82) is 0 Å². The lowest BCUT2D eigenvalue weighted by molar-refractivity contribution is 1.19. The Kier molecular flexibility index (Phi) is 5.14. The molecular weight excluding hydrogens is 372 g/mol. The van der Waals surface area contributed by atoms with Crippen molar-refractivity contribution in [3.63, 3.8) is 0 Å². The molecule has 0 spiro atoms. The molecular formula is C31H26. The SMILES string of the molecule is Cc1ccc(Cc2cc3ccc(C)cc3c(-c3ccccc3)c2-c2ccccc2)cc1. The van der Waals surface area contributed by atoms with Crippen LogP contribution >= 0.6 is 0 Å². The predicted octanol–water partition coefficient (Wildman–Crippen LogP) is 8.38. The molecule has 150 valence electrons. The maximum Gasteiger partial charge on any atom is -0.00192 e. The van der Waals surface area contributed by atoms with E-state index in [0.717, 1.165) is 6.42 Å². The van der Waals surface area contributed by atoms with Crippen LogP contribution in [0.1, 0.15) is 22.3 Å². The molecule has 5 aromatic carbocycles. The van der Waals surface area contributed by atoms with E-state index in [-0.39, 0.29) is 0 Å². The van der Waals surface area contributed by atoms with Crippen LogP contribution in [0.15, 0.2) is 109 Å². The number of hydrogen-bond acceptors (Lipinski definition) is 0. The second kappa shape index (κ2) is 8.24. The lowest BCUT2D eigenvalue weighted by Crippen LogP contribution is -1.98. The van der Waals surface area contributed by atoms with Crippen LogP contribution in [0.2, 0.25) is 0 Å². The monoisotopic (exact) mass is 398 g/mol. The van der Waals surface area contributed by atoms with Crippen LogP contribution in [0.25, 0.3) is 33.0 Å². The summed E-state index contributed by atoms with van der Waals surface area (Å²) in [7, 11) is 0. The van der Waals surface area contributed by atoms with E-state index < -0.39 is 0 Å². The van der Waals surface area contributed by atoms with Gasteiger partial charge in [-0.25, -0.2) is 0 Å². The Bertz CT molecular complexity index is 1330. The van der Waals surface area contributed by atoms with Crippen LogP contribution in [-0.4, -0.2) is 0 Å². The standard InChI is InChI=1S/C31H26/c1-22-13-16-24(17-14-22)20-28-21-27-18-15-23(2)19-29(27)31(26-11-7-4-8-12-26)30(28)25-9-5-3-6-10-25/h3-19,21H,20H2,1-2H3. The van der Waals surface area contributed by atoms with Crippen molar-refractivity contribution in [2.45, 2.75) is 20.3 Å². The van der Waals surface area contributed by atoms with E-state index in [1.54, 1.807) is 0 Å². The van der Waals surface area contributed by atoms with Gasteiger partial charge in [0, 0.05) is 0 Å².